The lowest BCUT2D eigenvalue weighted by molar-refractivity contribution is 0.241. The zero-order valence-corrected chi connectivity index (χ0v) is 18.4. The number of nitrogens with one attached hydrogen (secondary N) is 2. The van der Waals surface area contributed by atoms with E-state index >= 15 is 0 Å². The number of aryl methyl sites for hydroxylation is 1. The van der Waals surface area contributed by atoms with Crippen LogP contribution in [0.15, 0.2) is 59.5 Å². The van der Waals surface area contributed by atoms with Crippen LogP contribution in [0, 0.1) is 11.3 Å². The Labute approximate surface area is 190 Å². The minimum atomic E-state index is -0.216. The van der Waals surface area contributed by atoms with Gasteiger partial charge in [-0.15, -0.1) is 11.8 Å². The van der Waals surface area contributed by atoms with E-state index in [2.05, 4.69) is 21.8 Å². The van der Waals surface area contributed by atoms with Crippen molar-refractivity contribution < 1.29 is 4.79 Å². The van der Waals surface area contributed by atoms with Gasteiger partial charge in [0.2, 0.25) is 0 Å². The summed E-state index contributed by atoms with van der Waals surface area (Å²) in [5.41, 5.74) is 7.92. The van der Waals surface area contributed by atoms with Crippen LogP contribution in [-0.4, -0.2) is 34.7 Å². The molecule has 4 N–H and O–H groups in total. The number of anilines is 1. The number of nitriles is 1. The third-order valence-corrected chi connectivity index (χ3v) is 5.72. The number of halogens is 1. The molecule has 0 bridgehead atoms. The molecule has 0 saturated carbocycles. The SMILES string of the molecule is N#Cc1c(CCCNC(=O)NCCSc2ccc(Cl)cc2)nn(-c2ccccc2)c1N. The summed E-state index contributed by atoms with van der Waals surface area (Å²) in [7, 11) is 0. The van der Waals surface area contributed by atoms with E-state index in [1.165, 1.54) is 0 Å². The Hall–Kier alpha value is -3.15. The van der Waals surface area contributed by atoms with Gasteiger partial charge in [-0.1, -0.05) is 29.8 Å². The molecule has 0 radical (unpaired) electrons. The van der Waals surface area contributed by atoms with Crippen molar-refractivity contribution in [3.05, 3.63) is 70.9 Å². The molecule has 0 aliphatic carbocycles. The van der Waals surface area contributed by atoms with E-state index in [0.29, 0.717) is 48.0 Å². The lowest BCUT2D eigenvalue weighted by Gasteiger charge is -2.07. The molecule has 3 aromatic rings. The average Bonchev–Trinajstić information content (AvgIpc) is 3.11. The van der Waals surface area contributed by atoms with Crippen LogP contribution in [0.5, 0.6) is 0 Å². The molecular formula is C22H23ClN6OS. The number of thioether (sulfide) groups is 1. The van der Waals surface area contributed by atoms with Gasteiger partial charge in [-0.3, -0.25) is 0 Å². The van der Waals surface area contributed by atoms with Crippen LogP contribution in [0.1, 0.15) is 17.7 Å². The number of amides is 2. The summed E-state index contributed by atoms with van der Waals surface area (Å²) in [6.07, 6.45) is 1.19. The largest absolute Gasteiger partial charge is 0.382 e. The van der Waals surface area contributed by atoms with Crippen LogP contribution in [0.4, 0.5) is 10.6 Å². The van der Waals surface area contributed by atoms with E-state index in [1.54, 1.807) is 16.4 Å². The summed E-state index contributed by atoms with van der Waals surface area (Å²) < 4.78 is 1.58. The normalized spacial score (nSPS) is 10.5. The maximum atomic E-state index is 11.9. The van der Waals surface area contributed by atoms with E-state index in [4.69, 9.17) is 17.3 Å². The summed E-state index contributed by atoms with van der Waals surface area (Å²) in [5, 5.41) is 20.3. The fraction of sp³-hybridized carbons (Fsp3) is 0.227. The first-order chi connectivity index (χ1) is 15.1. The number of nitrogens with zero attached hydrogens (tertiary/aromatic N) is 3. The van der Waals surface area contributed by atoms with E-state index in [1.807, 2.05) is 54.6 Å². The van der Waals surface area contributed by atoms with Crippen LogP contribution >= 0.6 is 23.4 Å². The summed E-state index contributed by atoms with van der Waals surface area (Å²) in [6.45, 7) is 1.02. The zero-order chi connectivity index (χ0) is 22.1. The van der Waals surface area contributed by atoms with E-state index < -0.39 is 0 Å². The second-order valence-corrected chi connectivity index (χ2v) is 8.26. The van der Waals surface area contributed by atoms with Gasteiger partial charge in [-0.05, 0) is 49.2 Å². The summed E-state index contributed by atoms with van der Waals surface area (Å²) in [5.74, 6) is 1.09. The number of nitrogen functional groups attached to an aromatic ring is 1. The highest BCUT2D eigenvalue weighted by atomic mass is 35.5. The van der Waals surface area contributed by atoms with E-state index in [0.717, 1.165) is 16.3 Å². The maximum Gasteiger partial charge on any atom is 0.314 e. The molecule has 9 heteroatoms. The predicted molar refractivity (Wildman–Crippen MR) is 125 cm³/mol. The first-order valence-corrected chi connectivity index (χ1v) is 11.2. The van der Waals surface area contributed by atoms with Crippen LogP contribution in [0.25, 0.3) is 5.69 Å². The highest BCUT2D eigenvalue weighted by Crippen LogP contribution is 2.21. The lowest BCUT2D eigenvalue weighted by Crippen LogP contribution is -2.37. The van der Waals surface area contributed by atoms with Gasteiger partial charge in [0.25, 0.3) is 0 Å². The van der Waals surface area contributed by atoms with Gasteiger partial charge < -0.3 is 16.4 Å². The van der Waals surface area contributed by atoms with E-state index in [9.17, 15) is 10.1 Å². The molecule has 2 aromatic carbocycles. The van der Waals surface area contributed by atoms with E-state index in [-0.39, 0.29) is 6.03 Å². The van der Waals surface area contributed by atoms with Gasteiger partial charge >= 0.3 is 6.03 Å². The molecule has 0 aliphatic heterocycles. The Morgan fingerprint density at radius 1 is 1.13 bits per heavy atom. The zero-order valence-electron chi connectivity index (χ0n) is 16.8. The first kappa shape index (κ1) is 22.5. The quantitative estimate of drug-likeness (QED) is 0.334. The standard InChI is InChI=1S/C22H23ClN6OS/c23-16-8-10-18(11-9-16)31-14-13-27-22(30)26-12-4-7-20-19(15-24)21(25)29(28-20)17-5-2-1-3-6-17/h1-3,5-6,8-11H,4,7,12-14,25H2,(H2,26,27,30). The smallest absolute Gasteiger partial charge is 0.314 e. The highest BCUT2D eigenvalue weighted by molar-refractivity contribution is 7.99. The van der Waals surface area contributed by atoms with Gasteiger partial charge in [0, 0.05) is 28.8 Å². The molecule has 0 atom stereocenters. The second-order valence-electron chi connectivity index (χ2n) is 6.65. The number of para-hydroxylation sites is 1. The third kappa shape index (κ3) is 6.41. The number of benzene rings is 2. The molecule has 0 saturated heterocycles. The summed E-state index contributed by atoms with van der Waals surface area (Å²) in [4.78, 5) is 13.0. The minimum absolute atomic E-state index is 0.216. The molecule has 0 fully saturated rings. The molecule has 0 unspecified atom stereocenters. The molecule has 0 aliphatic rings. The molecule has 2 amide bonds. The van der Waals surface area contributed by atoms with Crippen molar-refractivity contribution in [3.8, 4) is 11.8 Å². The Balaban J connectivity index is 1.40. The third-order valence-electron chi connectivity index (χ3n) is 4.45. The maximum absolute atomic E-state index is 11.9. The molecule has 160 valence electrons. The van der Waals surface area contributed by atoms with Gasteiger partial charge in [-0.2, -0.15) is 10.4 Å². The van der Waals surface area contributed by atoms with Gasteiger partial charge in [0.05, 0.1) is 11.4 Å². The highest BCUT2D eigenvalue weighted by Gasteiger charge is 2.16. The van der Waals surface area contributed by atoms with Crippen molar-refractivity contribution in [3.63, 3.8) is 0 Å². The second kappa shape index (κ2) is 11.3. The molecule has 7 nitrogen and oxygen atoms in total. The fourth-order valence-corrected chi connectivity index (χ4v) is 3.82. The molecule has 3 rings (SSSR count). The predicted octanol–water partition coefficient (Wildman–Crippen LogP) is 4.00. The van der Waals surface area contributed by atoms with Crippen molar-refractivity contribution in [2.24, 2.45) is 0 Å². The fourth-order valence-electron chi connectivity index (χ4n) is 2.93. The molecular weight excluding hydrogens is 432 g/mol. The van der Waals surface area contributed by atoms with Crippen LogP contribution < -0.4 is 16.4 Å². The van der Waals surface area contributed by atoms with Crippen molar-refractivity contribution in [1.82, 2.24) is 20.4 Å². The van der Waals surface area contributed by atoms with Crippen molar-refractivity contribution in [1.29, 1.82) is 5.26 Å². The number of hydrogen-bond acceptors (Lipinski definition) is 5. The molecule has 1 heterocycles. The Morgan fingerprint density at radius 2 is 1.84 bits per heavy atom. The van der Waals surface area contributed by atoms with Crippen LogP contribution in [-0.2, 0) is 6.42 Å². The number of nitrogens with two attached hydrogens (primary N) is 1. The number of rotatable bonds is 9. The average molecular weight is 455 g/mol. The number of carbonyl (C=O) groups is 1. The van der Waals surface area contributed by atoms with Crippen LogP contribution in [0.2, 0.25) is 5.02 Å². The minimum Gasteiger partial charge on any atom is -0.382 e. The number of urea groups is 1. The number of carbonyl (C=O) groups excluding carboxylic acids is 1. The Morgan fingerprint density at radius 3 is 2.55 bits per heavy atom. The summed E-state index contributed by atoms with van der Waals surface area (Å²) in [6, 6.07) is 19.0. The molecule has 1 aromatic heterocycles. The van der Waals surface area contributed by atoms with Gasteiger partial charge in [0.1, 0.15) is 17.5 Å². The lowest BCUT2D eigenvalue weighted by atomic mass is 10.1. The number of aromatic nitrogens is 2. The monoisotopic (exact) mass is 454 g/mol. The molecule has 31 heavy (non-hydrogen) atoms. The van der Waals surface area contributed by atoms with Crippen molar-refractivity contribution in [2.45, 2.75) is 17.7 Å². The Kier molecular flexibility index (Phi) is 8.21. The Bertz CT molecular complexity index is 1050. The van der Waals surface area contributed by atoms with Gasteiger partial charge in [-0.25, -0.2) is 9.48 Å². The first-order valence-electron chi connectivity index (χ1n) is 9.81. The van der Waals surface area contributed by atoms with Gasteiger partial charge in [0.15, 0.2) is 0 Å². The van der Waals surface area contributed by atoms with Crippen molar-refractivity contribution >= 4 is 35.2 Å². The molecule has 0 spiro atoms. The number of hydrogen-bond donors (Lipinski definition) is 3. The van der Waals surface area contributed by atoms with Crippen molar-refractivity contribution in [2.75, 3.05) is 24.6 Å². The topological polar surface area (TPSA) is 109 Å². The summed E-state index contributed by atoms with van der Waals surface area (Å²) >= 11 is 7.51. The van der Waals surface area contributed by atoms with Crippen LogP contribution in [0.3, 0.4) is 0 Å².